The molecule has 0 bridgehead atoms. The van der Waals surface area contributed by atoms with Crippen LogP contribution in [-0.2, 0) is 0 Å². The van der Waals surface area contributed by atoms with E-state index in [4.69, 9.17) is 11.6 Å². The fraction of sp³-hybridized carbons (Fsp3) is 0.500. The van der Waals surface area contributed by atoms with Crippen molar-refractivity contribution in [3.05, 3.63) is 21.3 Å². The Hall–Kier alpha value is -0.540. The molecule has 1 aliphatic rings. The topological polar surface area (TPSA) is 29.1 Å². The van der Waals surface area contributed by atoms with Crippen LogP contribution >= 0.6 is 22.9 Å². The van der Waals surface area contributed by atoms with Crippen molar-refractivity contribution in [2.75, 3.05) is 0 Å². The minimum atomic E-state index is -0.0492. The van der Waals surface area contributed by atoms with Crippen LogP contribution in [0.3, 0.4) is 0 Å². The highest BCUT2D eigenvalue weighted by atomic mass is 35.5. The van der Waals surface area contributed by atoms with Gasteiger partial charge in [-0.3, -0.25) is 4.79 Å². The van der Waals surface area contributed by atoms with Crippen molar-refractivity contribution in [2.24, 2.45) is 5.41 Å². The van der Waals surface area contributed by atoms with Gasteiger partial charge in [-0.1, -0.05) is 25.4 Å². The lowest BCUT2D eigenvalue weighted by Gasteiger charge is -2.05. The van der Waals surface area contributed by atoms with Crippen LogP contribution in [0, 0.1) is 5.41 Å². The molecule has 2 nitrogen and oxygen atoms in total. The van der Waals surface area contributed by atoms with E-state index in [9.17, 15) is 4.79 Å². The molecule has 1 amide bonds. The number of carbonyl (C=O) groups is 1. The summed E-state index contributed by atoms with van der Waals surface area (Å²) in [6, 6.07) is 0.311. The molecule has 4 heteroatoms. The van der Waals surface area contributed by atoms with Crippen molar-refractivity contribution >= 4 is 28.8 Å². The summed E-state index contributed by atoms with van der Waals surface area (Å²) in [6.07, 6.45) is 1.06. The maximum absolute atomic E-state index is 11.7. The zero-order chi connectivity index (χ0) is 10.3. The summed E-state index contributed by atoms with van der Waals surface area (Å²) in [6.45, 7) is 4.29. The lowest BCUT2D eigenvalue weighted by molar-refractivity contribution is 0.0947. The van der Waals surface area contributed by atoms with Crippen molar-refractivity contribution in [1.82, 2.24) is 5.32 Å². The molecule has 0 spiro atoms. The summed E-state index contributed by atoms with van der Waals surface area (Å²) in [5.74, 6) is -0.0492. The number of carbonyl (C=O) groups excluding carboxylic acids is 1. The summed E-state index contributed by atoms with van der Waals surface area (Å²) in [5, 5.41) is 7.07. The van der Waals surface area contributed by atoms with Gasteiger partial charge in [0, 0.05) is 16.8 Å². The standard InChI is InChI=1S/C10H12ClNOS/c1-10(2)3-8(10)12-9(13)6-4-14-5-7(6)11/h4-5,8H,3H2,1-2H3,(H,12,13)/t8-/m0/s1. The average Bonchev–Trinajstić information content (AvgIpc) is 2.53. The van der Waals surface area contributed by atoms with Crippen LogP contribution in [0.1, 0.15) is 30.6 Å². The Morgan fingerprint density at radius 2 is 2.29 bits per heavy atom. The van der Waals surface area contributed by atoms with Gasteiger partial charge in [0.25, 0.3) is 5.91 Å². The lowest BCUT2D eigenvalue weighted by Crippen LogP contribution is -2.28. The van der Waals surface area contributed by atoms with Gasteiger partial charge in [-0.05, 0) is 11.8 Å². The third-order valence-corrected chi connectivity index (χ3v) is 3.86. The molecule has 1 aromatic heterocycles. The van der Waals surface area contributed by atoms with Crippen molar-refractivity contribution < 1.29 is 4.79 Å². The van der Waals surface area contributed by atoms with E-state index in [2.05, 4.69) is 19.2 Å². The molecule has 1 aliphatic carbocycles. The molecule has 1 N–H and O–H groups in total. The van der Waals surface area contributed by atoms with Crippen molar-refractivity contribution in [3.8, 4) is 0 Å². The van der Waals surface area contributed by atoms with E-state index in [0.717, 1.165) is 6.42 Å². The zero-order valence-electron chi connectivity index (χ0n) is 8.13. The second kappa shape index (κ2) is 3.24. The van der Waals surface area contributed by atoms with E-state index in [1.807, 2.05) is 0 Å². The molecule has 1 heterocycles. The van der Waals surface area contributed by atoms with Crippen LogP contribution in [0.4, 0.5) is 0 Å². The van der Waals surface area contributed by atoms with Crippen LogP contribution in [0.2, 0.25) is 5.02 Å². The summed E-state index contributed by atoms with van der Waals surface area (Å²) < 4.78 is 0. The summed E-state index contributed by atoms with van der Waals surface area (Å²) in [5.41, 5.74) is 0.859. The van der Waals surface area contributed by atoms with Gasteiger partial charge in [0.1, 0.15) is 0 Å². The number of halogens is 1. The first-order valence-electron chi connectivity index (χ1n) is 4.53. The first kappa shape index (κ1) is 9.99. The Balaban J connectivity index is 2.01. The fourth-order valence-electron chi connectivity index (χ4n) is 1.39. The van der Waals surface area contributed by atoms with E-state index in [1.165, 1.54) is 11.3 Å². The Morgan fingerprint density at radius 3 is 2.71 bits per heavy atom. The number of hydrogen-bond donors (Lipinski definition) is 1. The average molecular weight is 230 g/mol. The van der Waals surface area contributed by atoms with Crippen molar-refractivity contribution in [2.45, 2.75) is 26.3 Å². The monoisotopic (exact) mass is 229 g/mol. The summed E-state index contributed by atoms with van der Waals surface area (Å²) in [4.78, 5) is 11.7. The highest BCUT2D eigenvalue weighted by Crippen LogP contribution is 2.44. The molecule has 1 aromatic rings. The van der Waals surface area contributed by atoms with Crippen LogP contribution in [0.15, 0.2) is 10.8 Å². The van der Waals surface area contributed by atoms with Crippen LogP contribution in [-0.4, -0.2) is 11.9 Å². The van der Waals surface area contributed by atoms with Gasteiger partial charge >= 0.3 is 0 Å². The second-order valence-electron chi connectivity index (χ2n) is 4.35. The van der Waals surface area contributed by atoms with Gasteiger partial charge in [0.15, 0.2) is 0 Å². The van der Waals surface area contributed by atoms with Crippen molar-refractivity contribution in [3.63, 3.8) is 0 Å². The van der Waals surface area contributed by atoms with Gasteiger partial charge in [0.2, 0.25) is 0 Å². The molecule has 0 saturated heterocycles. The number of rotatable bonds is 2. The number of amides is 1. The number of thiophene rings is 1. The first-order valence-corrected chi connectivity index (χ1v) is 5.85. The van der Waals surface area contributed by atoms with Gasteiger partial charge in [-0.25, -0.2) is 0 Å². The molecule has 1 saturated carbocycles. The molecule has 0 aliphatic heterocycles. The molecule has 0 radical (unpaired) electrons. The molecule has 1 fully saturated rings. The van der Waals surface area contributed by atoms with Crippen molar-refractivity contribution in [1.29, 1.82) is 0 Å². The van der Waals surface area contributed by atoms with Crippen LogP contribution < -0.4 is 5.32 Å². The SMILES string of the molecule is CC1(C)C[C@@H]1NC(=O)c1cscc1Cl. The molecule has 0 aromatic carbocycles. The number of hydrogen-bond acceptors (Lipinski definition) is 2. The predicted octanol–water partition coefficient (Wildman–Crippen LogP) is 2.93. The highest BCUT2D eigenvalue weighted by molar-refractivity contribution is 7.08. The minimum absolute atomic E-state index is 0.0492. The van der Waals surface area contributed by atoms with E-state index < -0.39 is 0 Å². The Bertz CT molecular complexity index is 372. The summed E-state index contributed by atoms with van der Waals surface area (Å²) >= 11 is 7.31. The van der Waals surface area contributed by atoms with Crippen LogP contribution in [0.5, 0.6) is 0 Å². The quantitative estimate of drug-likeness (QED) is 0.830. The van der Waals surface area contributed by atoms with Gasteiger partial charge in [-0.15, -0.1) is 11.3 Å². The Labute approximate surface area is 92.3 Å². The molecule has 14 heavy (non-hydrogen) atoms. The molecular formula is C10H12ClNOS. The summed E-state index contributed by atoms with van der Waals surface area (Å²) in [7, 11) is 0. The molecule has 76 valence electrons. The van der Waals surface area contributed by atoms with Crippen LogP contribution in [0.25, 0.3) is 0 Å². The maximum Gasteiger partial charge on any atom is 0.253 e. The second-order valence-corrected chi connectivity index (χ2v) is 5.50. The predicted molar refractivity (Wildman–Crippen MR) is 59.0 cm³/mol. The van der Waals surface area contributed by atoms with E-state index in [0.29, 0.717) is 16.6 Å². The normalized spacial score (nSPS) is 23.2. The maximum atomic E-state index is 11.7. The highest BCUT2D eigenvalue weighted by Gasteiger charge is 2.46. The van der Waals surface area contributed by atoms with Gasteiger partial charge in [0.05, 0.1) is 10.6 Å². The molecule has 2 rings (SSSR count). The lowest BCUT2D eigenvalue weighted by atomic mass is 10.2. The molecule has 0 unspecified atom stereocenters. The van der Waals surface area contributed by atoms with E-state index >= 15 is 0 Å². The minimum Gasteiger partial charge on any atom is -0.349 e. The van der Waals surface area contributed by atoms with Gasteiger partial charge < -0.3 is 5.32 Å². The van der Waals surface area contributed by atoms with E-state index in [1.54, 1.807) is 10.8 Å². The third kappa shape index (κ3) is 1.79. The largest absolute Gasteiger partial charge is 0.349 e. The van der Waals surface area contributed by atoms with Gasteiger partial charge in [-0.2, -0.15) is 0 Å². The Morgan fingerprint density at radius 1 is 1.64 bits per heavy atom. The molecule has 1 atom stereocenters. The molecular weight excluding hydrogens is 218 g/mol. The fourth-order valence-corrected chi connectivity index (χ4v) is 2.44. The smallest absolute Gasteiger partial charge is 0.253 e. The Kier molecular flexibility index (Phi) is 2.32. The first-order chi connectivity index (χ1) is 6.50. The zero-order valence-corrected chi connectivity index (χ0v) is 9.71. The number of nitrogens with one attached hydrogen (secondary N) is 1. The third-order valence-electron chi connectivity index (χ3n) is 2.68. The van der Waals surface area contributed by atoms with E-state index in [-0.39, 0.29) is 11.3 Å².